The zero-order chi connectivity index (χ0) is 22.9. The van der Waals surface area contributed by atoms with E-state index < -0.39 is 0 Å². The predicted octanol–water partition coefficient (Wildman–Crippen LogP) is 2.92. The van der Waals surface area contributed by atoms with E-state index in [-0.39, 0.29) is 11.9 Å². The van der Waals surface area contributed by atoms with E-state index in [0.717, 1.165) is 25.2 Å². The first-order valence-corrected chi connectivity index (χ1v) is 11.1. The van der Waals surface area contributed by atoms with Gasteiger partial charge in [0.1, 0.15) is 0 Å². The molecule has 0 saturated carbocycles. The lowest BCUT2D eigenvalue weighted by Gasteiger charge is -2.30. The van der Waals surface area contributed by atoms with Crippen LogP contribution in [0.3, 0.4) is 0 Å². The molecule has 3 aromatic rings. The number of aromatic nitrogens is 4. The van der Waals surface area contributed by atoms with Crippen LogP contribution in [0.5, 0.6) is 5.88 Å². The maximum absolute atomic E-state index is 13.1. The number of carbonyl (C=O) groups excluding carboxylic acids is 1. The fourth-order valence-corrected chi connectivity index (χ4v) is 3.90. The topological polar surface area (TPSA) is 85.2 Å². The Bertz CT molecular complexity index is 983. The van der Waals surface area contributed by atoms with Crippen molar-refractivity contribution in [3.05, 3.63) is 65.5 Å². The molecule has 0 fully saturated rings. The van der Waals surface area contributed by atoms with Crippen molar-refractivity contribution < 1.29 is 9.53 Å². The first kappa shape index (κ1) is 23.4. The molecule has 0 aliphatic carbocycles. The van der Waals surface area contributed by atoms with Gasteiger partial charge in [-0.1, -0.05) is 51.1 Å². The Labute approximate surface area is 189 Å². The summed E-state index contributed by atoms with van der Waals surface area (Å²) in [7, 11) is 1.54. The van der Waals surface area contributed by atoms with Gasteiger partial charge in [-0.15, -0.1) is 10.2 Å². The predicted molar refractivity (Wildman–Crippen MR) is 124 cm³/mol. The second-order valence-electron chi connectivity index (χ2n) is 7.48. The number of carbonyl (C=O) groups is 1. The van der Waals surface area contributed by atoms with Gasteiger partial charge in [0.25, 0.3) is 5.91 Å². The van der Waals surface area contributed by atoms with Gasteiger partial charge in [0.05, 0.1) is 24.6 Å². The quantitative estimate of drug-likeness (QED) is 0.498. The van der Waals surface area contributed by atoms with Crippen molar-refractivity contribution in [2.75, 3.05) is 26.7 Å². The van der Waals surface area contributed by atoms with Crippen LogP contribution in [0.2, 0.25) is 0 Å². The number of nitrogens with one attached hydrogen (secondary N) is 1. The standard InChI is InChI=1S/C24H32N6O2/c1-5-21-20(17-26-30(21)22-13-14-23(32-4)28-27-22)24(31)25-16-19(29(6-2)7-3)15-18-11-9-8-10-12-18/h8-14,17,19H,5-7,15-16H2,1-4H3,(H,25,31). The minimum Gasteiger partial charge on any atom is -0.480 e. The number of amides is 1. The molecule has 2 aromatic heterocycles. The lowest BCUT2D eigenvalue weighted by Crippen LogP contribution is -2.45. The van der Waals surface area contributed by atoms with Gasteiger partial charge in [0.2, 0.25) is 5.88 Å². The van der Waals surface area contributed by atoms with E-state index in [9.17, 15) is 4.79 Å². The smallest absolute Gasteiger partial charge is 0.254 e. The SMILES string of the molecule is CCc1c(C(=O)NCC(Cc2ccccc2)N(CC)CC)cnn1-c1ccc(OC)nn1. The molecule has 0 saturated heterocycles. The monoisotopic (exact) mass is 436 g/mol. The Kier molecular flexibility index (Phi) is 8.33. The zero-order valence-corrected chi connectivity index (χ0v) is 19.3. The Morgan fingerprint density at radius 1 is 1.09 bits per heavy atom. The molecule has 0 bridgehead atoms. The molecule has 1 aromatic carbocycles. The molecule has 1 amide bonds. The third-order valence-electron chi connectivity index (χ3n) is 5.64. The molecular weight excluding hydrogens is 404 g/mol. The van der Waals surface area contributed by atoms with Crippen molar-refractivity contribution in [1.82, 2.24) is 30.2 Å². The molecule has 3 rings (SSSR count). The molecule has 1 unspecified atom stereocenters. The summed E-state index contributed by atoms with van der Waals surface area (Å²) in [5.74, 6) is 0.851. The van der Waals surface area contributed by atoms with Crippen molar-refractivity contribution in [2.24, 2.45) is 0 Å². The number of methoxy groups -OCH3 is 1. The number of likely N-dealkylation sites (N-methyl/N-ethyl adjacent to an activating group) is 1. The maximum atomic E-state index is 13.1. The summed E-state index contributed by atoms with van der Waals surface area (Å²) < 4.78 is 6.73. The largest absolute Gasteiger partial charge is 0.480 e. The molecule has 0 aliphatic heterocycles. The van der Waals surface area contributed by atoms with Crippen LogP contribution < -0.4 is 10.1 Å². The van der Waals surface area contributed by atoms with Crippen LogP contribution in [-0.4, -0.2) is 63.6 Å². The summed E-state index contributed by atoms with van der Waals surface area (Å²) in [5.41, 5.74) is 2.62. The van der Waals surface area contributed by atoms with E-state index in [1.165, 1.54) is 5.56 Å². The number of ether oxygens (including phenoxy) is 1. The van der Waals surface area contributed by atoms with Crippen LogP contribution in [-0.2, 0) is 12.8 Å². The Morgan fingerprint density at radius 2 is 1.84 bits per heavy atom. The molecule has 0 radical (unpaired) electrons. The molecule has 2 heterocycles. The van der Waals surface area contributed by atoms with Crippen LogP contribution >= 0.6 is 0 Å². The third-order valence-corrected chi connectivity index (χ3v) is 5.64. The summed E-state index contributed by atoms with van der Waals surface area (Å²) in [6.07, 6.45) is 3.12. The van der Waals surface area contributed by atoms with Crippen molar-refractivity contribution in [1.29, 1.82) is 0 Å². The maximum Gasteiger partial charge on any atom is 0.254 e. The molecule has 1 atom stereocenters. The molecule has 8 heteroatoms. The first-order chi connectivity index (χ1) is 15.6. The highest BCUT2D eigenvalue weighted by Crippen LogP contribution is 2.16. The third kappa shape index (κ3) is 5.50. The second kappa shape index (κ2) is 11.4. The Hall–Kier alpha value is -3.26. The van der Waals surface area contributed by atoms with E-state index in [2.05, 4.69) is 63.6 Å². The summed E-state index contributed by atoms with van der Waals surface area (Å²) in [6, 6.07) is 14.1. The summed E-state index contributed by atoms with van der Waals surface area (Å²) in [6.45, 7) is 8.72. The number of hydrogen-bond donors (Lipinski definition) is 1. The molecule has 1 N–H and O–H groups in total. The van der Waals surface area contributed by atoms with Crippen LogP contribution in [0.25, 0.3) is 5.82 Å². The number of nitrogens with zero attached hydrogens (tertiary/aromatic N) is 5. The minimum atomic E-state index is -0.125. The summed E-state index contributed by atoms with van der Waals surface area (Å²) in [4.78, 5) is 15.5. The van der Waals surface area contributed by atoms with E-state index in [4.69, 9.17) is 4.74 Å². The van der Waals surface area contributed by atoms with Crippen LogP contribution in [0.4, 0.5) is 0 Å². The van der Waals surface area contributed by atoms with Gasteiger partial charge in [0, 0.05) is 18.7 Å². The van der Waals surface area contributed by atoms with E-state index in [0.29, 0.717) is 30.2 Å². The second-order valence-corrected chi connectivity index (χ2v) is 7.48. The lowest BCUT2D eigenvalue weighted by molar-refractivity contribution is 0.0933. The van der Waals surface area contributed by atoms with Gasteiger partial charge in [0.15, 0.2) is 5.82 Å². The molecule has 170 valence electrons. The average molecular weight is 437 g/mol. The van der Waals surface area contributed by atoms with E-state index in [1.807, 2.05) is 13.0 Å². The Balaban J connectivity index is 1.75. The van der Waals surface area contributed by atoms with Gasteiger partial charge < -0.3 is 10.1 Å². The highest BCUT2D eigenvalue weighted by molar-refractivity contribution is 5.95. The zero-order valence-electron chi connectivity index (χ0n) is 19.3. The Morgan fingerprint density at radius 3 is 2.44 bits per heavy atom. The van der Waals surface area contributed by atoms with E-state index >= 15 is 0 Å². The van der Waals surface area contributed by atoms with Gasteiger partial charge in [-0.2, -0.15) is 5.10 Å². The normalized spacial score (nSPS) is 12.0. The number of rotatable bonds is 11. The fourth-order valence-electron chi connectivity index (χ4n) is 3.90. The van der Waals surface area contributed by atoms with Gasteiger partial charge in [-0.3, -0.25) is 9.69 Å². The molecule has 32 heavy (non-hydrogen) atoms. The number of benzene rings is 1. The fraction of sp³-hybridized carbons (Fsp3) is 0.417. The van der Waals surface area contributed by atoms with Crippen LogP contribution in [0.1, 0.15) is 42.4 Å². The van der Waals surface area contributed by atoms with Crippen molar-refractivity contribution in [2.45, 2.75) is 39.7 Å². The summed E-state index contributed by atoms with van der Waals surface area (Å²) in [5, 5.41) is 15.7. The molecule has 8 nitrogen and oxygen atoms in total. The van der Waals surface area contributed by atoms with Crippen molar-refractivity contribution >= 4 is 5.91 Å². The summed E-state index contributed by atoms with van der Waals surface area (Å²) >= 11 is 0. The molecular formula is C24H32N6O2. The minimum absolute atomic E-state index is 0.125. The van der Waals surface area contributed by atoms with Crippen LogP contribution in [0.15, 0.2) is 48.7 Å². The molecule has 0 aliphatic rings. The van der Waals surface area contributed by atoms with Crippen LogP contribution in [0, 0.1) is 0 Å². The van der Waals surface area contributed by atoms with Gasteiger partial charge >= 0.3 is 0 Å². The lowest BCUT2D eigenvalue weighted by atomic mass is 10.0. The average Bonchev–Trinajstić information content (AvgIpc) is 3.28. The van der Waals surface area contributed by atoms with E-state index in [1.54, 1.807) is 30.1 Å². The van der Waals surface area contributed by atoms with Crippen molar-refractivity contribution in [3.8, 4) is 11.7 Å². The molecule has 0 spiro atoms. The van der Waals surface area contributed by atoms with Crippen molar-refractivity contribution in [3.63, 3.8) is 0 Å². The van der Waals surface area contributed by atoms with Gasteiger partial charge in [-0.05, 0) is 37.6 Å². The number of hydrogen-bond acceptors (Lipinski definition) is 6. The first-order valence-electron chi connectivity index (χ1n) is 11.1. The highest BCUT2D eigenvalue weighted by atomic mass is 16.5. The highest BCUT2D eigenvalue weighted by Gasteiger charge is 2.21. The van der Waals surface area contributed by atoms with Gasteiger partial charge in [-0.25, -0.2) is 4.68 Å².